The largest absolute Gasteiger partial charge is 0.481 e. The quantitative estimate of drug-likeness (QED) is 0.897. The summed E-state index contributed by atoms with van der Waals surface area (Å²) in [5, 5.41) is 8.83. The molecular weight excluding hydrogens is 260 g/mol. The van der Waals surface area contributed by atoms with E-state index in [-0.39, 0.29) is 24.3 Å². The number of aryl methyl sites for hydroxylation is 1. The maximum absolute atomic E-state index is 12.2. The van der Waals surface area contributed by atoms with Crippen LogP contribution in [-0.2, 0) is 16.0 Å². The Labute approximate surface area is 117 Å². The number of rotatable bonds is 4. The van der Waals surface area contributed by atoms with Gasteiger partial charge in [0.2, 0.25) is 0 Å². The molecule has 1 aliphatic heterocycles. The van der Waals surface area contributed by atoms with Crippen LogP contribution in [0.1, 0.15) is 42.8 Å². The maximum Gasteiger partial charge on any atom is 0.348 e. The normalized spacial score (nSPS) is 22.1. The van der Waals surface area contributed by atoms with E-state index in [4.69, 9.17) is 9.84 Å². The molecule has 6 heteroatoms. The summed E-state index contributed by atoms with van der Waals surface area (Å²) in [6.45, 7) is 6.19. The fraction of sp³-hybridized carbons (Fsp3) is 0.643. The molecule has 0 saturated carbocycles. The van der Waals surface area contributed by atoms with E-state index in [0.29, 0.717) is 18.7 Å². The van der Waals surface area contributed by atoms with Gasteiger partial charge in [-0.1, -0.05) is 0 Å². The van der Waals surface area contributed by atoms with E-state index >= 15 is 0 Å². The van der Waals surface area contributed by atoms with E-state index < -0.39 is 5.97 Å². The van der Waals surface area contributed by atoms with Gasteiger partial charge < -0.3 is 9.84 Å². The van der Waals surface area contributed by atoms with E-state index in [2.05, 4.69) is 4.98 Å². The Morgan fingerprint density at radius 1 is 1.50 bits per heavy atom. The Balaban J connectivity index is 2.44. The van der Waals surface area contributed by atoms with Gasteiger partial charge in [0, 0.05) is 24.4 Å². The van der Waals surface area contributed by atoms with Gasteiger partial charge in [-0.15, -0.1) is 0 Å². The summed E-state index contributed by atoms with van der Waals surface area (Å²) in [6.07, 6.45) is 1.19. The summed E-state index contributed by atoms with van der Waals surface area (Å²) in [5.74, 6) is -0.848. The zero-order chi connectivity index (χ0) is 14.9. The van der Waals surface area contributed by atoms with Crippen LogP contribution in [0.4, 0.5) is 0 Å². The van der Waals surface area contributed by atoms with Crippen LogP contribution in [0.5, 0.6) is 0 Å². The first-order valence-corrected chi connectivity index (χ1v) is 6.83. The van der Waals surface area contributed by atoms with Gasteiger partial charge in [-0.05, 0) is 39.2 Å². The van der Waals surface area contributed by atoms with Crippen LogP contribution in [0.15, 0.2) is 4.79 Å². The van der Waals surface area contributed by atoms with Crippen LogP contribution < -0.4 is 5.69 Å². The fourth-order valence-corrected chi connectivity index (χ4v) is 2.86. The second-order valence-electron chi connectivity index (χ2n) is 5.24. The number of ether oxygens (including phenoxy) is 1. The molecule has 0 radical (unpaired) electrons. The highest BCUT2D eigenvalue weighted by atomic mass is 16.5. The Bertz CT molecular complexity index is 579. The van der Waals surface area contributed by atoms with Crippen molar-refractivity contribution in [1.82, 2.24) is 9.55 Å². The highest BCUT2D eigenvalue weighted by Crippen LogP contribution is 2.26. The first kappa shape index (κ1) is 14.7. The van der Waals surface area contributed by atoms with Crippen molar-refractivity contribution in [3.05, 3.63) is 27.4 Å². The van der Waals surface area contributed by atoms with Gasteiger partial charge in [-0.25, -0.2) is 4.79 Å². The molecule has 1 aliphatic rings. The molecule has 2 atom stereocenters. The average Bonchev–Trinajstić information content (AvgIpc) is 2.74. The first-order chi connectivity index (χ1) is 9.41. The predicted octanol–water partition coefficient (Wildman–Crippen LogP) is 1.23. The molecule has 0 amide bonds. The van der Waals surface area contributed by atoms with Gasteiger partial charge in [0.05, 0.1) is 12.1 Å². The number of carbonyl (C=O) groups is 1. The van der Waals surface area contributed by atoms with Gasteiger partial charge in [0.1, 0.15) is 0 Å². The smallest absolute Gasteiger partial charge is 0.348 e. The summed E-state index contributed by atoms with van der Waals surface area (Å²) < 4.78 is 7.19. The van der Waals surface area contributed by atoms with Crippen molar-refractivity contribution in [2.75, 3.05) is 6.61 Å². The van der Waals surface area contributed by atoms with Crippen molar-refractivity contribution in [3.8, 4) is 0 Å². The molecule has 20 heavy (non-hydrogen) atoms. The van der Waals surface area contributed by atoms with Gasteiger partial charge in [0.25, 0.3) is 0 Å². The standard InChI is InChI=1S/C14H20N2O4/c1-8-11(4-5-13(17)18)9(2)16(14(19)15-8)12-6-7-20-10(12)3/h10,12H,4-7H2,1-3H3,(H,17,18). The lowest BCUT2D eigenvalue weighted by atomic mass is 10.0. The molecule has 0 bridgehead atoms. The Hall–Kier alpha value is -1.69. The minimum absolute atomic E-state index is 0.0146. The van der Waals surface area contributed by atoms with Crippen LogP contribution in [0.25, 0.3) is 0 Å². The monoisotopic (exact) mass is 280 g/mol. The average molecular weight is 280 g/mol. The summed E-state index contributed by atoms with van der Waals surface area (Å²) in [5.41, 5.74) is 2.01. The molecule has 1 aromatic heterocycles. The Kier molecular flexibility index (Phi) is 4.23. The van der Waals surface area contributed by atoms with E-state index in [0.717, 1.165) is 17.7 Å². The van der Waals surface area contributed by atoms with E-state index in [1.54, 1.807) is 11.5 Å². The van der Waals surface area contributed by atoms with E-state index in [1.165, 1.54) is 0 Å². The molecule has 1 aromatic rings. The van der Waals surface area contributed by atoms with Crippen molar-refractivity contribution >= 4 is 5.97 Å². The zero-order valence-electron chi connectivity index (χ0n) is 12.0. The van der Waals surface area contributed by atoms with Crippen LogP contribution in [-0.4, -0.2) is 33.3 Å². The molecule has 1 saturated heterocycles. The third kappa shape index (κ3) is 2.75. The van der Waals surface area contributed by atoms with Gasteiger partial charge in [0.15, 0.2) is 0 Å². The lowest BCUT2D eigenvalue weighted by Gasteiger charge is -2.22. The second-order valence-corrected chi connectivity index (χ2v) is 5.24. The van der Waals surface area contributed by atoms with Gasteiger partial charge >= 0.3 is 11.7 Å². The third-order valence-corrected chi connectivity index (χ3v) is 3.96. The van der Waals surface area contributed by atoms with Crippen molar-refractivity contribution in [2.45, 2.75) is 52.2 Å². The van der Waals surface area contributed by atoms with E-state index in [9.17, 15) is 9.59 Å². The topological polar surface area (TPSA) is 81.4 Å². The number of carboxylic acid groups (broad SMARTS) is 1. The first-order valence-electron chi connectivity index (χ1n) is 6.83. The maximum atomic E-state index is 12.2. The molecule has 1 fully saturated rings. The number of nitrogens with zero attached hydrogens (tertiary/aromatic N) is 2. The molecular formula is C14H20N2O4. The zero-order valence-corrected chi connectivity index (χ0v) is 12.0. The molecule has 1 N–H and O–H groups in total. The van der Waals surface area contributed by atoms with Gasteiger partial charge in [-0.2, -0.15) is 4.98 Å². The summed E-state index contributed by atoms with van der Waals surface area (Å²) in [7, 11) is 0. The van der Waals surface area contributed by atoms with Gasteiger partial charge in [-0.3, -0.25) is 9.36 Å². The summed E-state index contributed by atoms with van der Waals surface area (Å²) >= 11 is 0. The number of hydrogen-bond donors (Lipinski definition) is 1. The molecule has 6 nitrogen and oxygen atoms in total. The van der Waals surface area contributed by atoms with Crippen LogP contribution in [0.3, 0.4) is 0 Å². The fourth-order valence-electron chi connectivity index (χ4n) is 2.86. The number of carboxylic acids is 1. The summed E-state index contributed by atoms with van der Waals surface area (Å²) in [4.78, 5) is 27.0. The van der Waals surface area contributed by atoms with Crippen LogP contribution in [0, 0.1) is 13.8 Å². The number of aliphatic carboxylic acids is 1. The van der Waals surface area contributed by atoms with Crippen molar-refractivity contribution in [1.29, 1.82) is 0 Å². The lowest BCUT2D eigenvalue weighted by Crippen LogP contribution is -2.34. The second kappa shape index (κ2) is 5.75. The minimum Gasteiger partial charge on any atom is -0.481 e. The Morgan fingerprint density at radius 3 is 2.75 bits per heavy atom. The Morgan fingerprint density at radius 2 is 2.20 bits per heavy atom. The SMILES string of the molecule is Cc1nc(=O)n(C2CCOC2C)c(C)c1CCC(=O)O. The van der Waals surface area contributed by atoms with Crippen molar-refractivity contribution in [2.24, 2.45) is 0 Å². The van der Waals surface area contributed by atoms with Crippen LogP contribution in [0.2, 0.25) is 0 Å². The highest BCUT2D eigenvalue weighted by Gasteiger charge is 2.29. The van der Waals surface area contributed by atoms with E-state index in [1.807, 2.05) is 13.8 Å². The third-order valence-electron chi connectivity index (χ3n) is 3.96. The predicted molar refractivity (Wildman–Crippen MR) is 73.0 cm³/mol. The van der Waals surface area contributed by atoms with Crippen molar-refractivity contribution in [3.63, 3.8) is 0 Å². The molecule has 110 valence electrons. The minimum atomic E-state index is -0.848. The van der Waals surface area contributed by atoms with Crippen molar-refractivity contribution < 1.29 is 14.6 Å². The molecule has 2 rings (SSSR count). The molecule has 2 unspecified atom stereocenters. The molecule has 0 spiro atoms. The molecule has 0 aliphatic carbocycles. The highest BCUT2D eigenvalue weighted by molar-refractivity contribution is 5.67. The molecule has 0 aromatic carbocycles. The lowest BCUT2D eigenvalue weighted by molar-refractivity contribution is -0.136. The van der Waals surface area contributed by atoms with Crippen LogP contribution >= 0.6 is 0 Å². The number of aromatic nitrogens is 2. The molecule has 2 heterocycles. The number of hydrogen-bond acceptors (Lipinski definition) is 4. The summed E-state index contributed by atoms with van der Waals surface area (Å²) in [6, 6.07) is -0.0146.